The fourth-order valence-electron chi connectivity index (χ4n) is 1.17. The molecular formula is C8H14O. The lowest BCUT2D eigenvalue weighted by Gasteiger charge is -2.23. The van der Waals surface area contributed by atoms with Gasteiger partial charge >= 0.3 is 0 Å². The van der Waals surface area contributed by atoms with Crippen molar-refractivity contribution in [2.24, 2.45) is 11.8 Å². The van der Waals surface area contributed by atoms with Gasteiger partial charge < -0.3 is 5.11 Å². The molecule has 0 aromatic carbocycles. The van der Waals surface area contributed by atoms with Crippen molar-refractivity contribution in [1.82, 2.24) is 0 Å². The van der Waals surface area contributed by atoms with E-state index in [-0.39, 0.29) is 6.10 Å². The van der Waals surface area contributed by atoms with Crippen LogP contribution in [0.2, 0.25) is 0 Å². The number of hydrogen-bond acceptors (Lipinski definition) is 1. The van der Waals surface area contributed by atoms with Crippen molar-refractivity contribution in [2.75, 3.05) is 0 Å². The second kappa shape index (κ2) is 2.53. The van der Waals surface area contributed by atoms with Crippen LogP contribution in [0.1, 0.15) is 20.3 Å². The summed E-state index contributed by atoms with van der Waals surface area (Å²) < 4.78 is 0. The van der Waals surface area contributed by atoms with Gasteiger partial charge in [0.1, 0.15) is 0 Å². The summed E-state index contributed by atoms with van der Waals surface area (Å²) in [7, 11) is 0. The van der Waals surface area contributed by atoms with Gasteiger partial charge in [-0.2, -0.15) is 0 Å². The van der Waals surface area contributed by atoms with E-state index in [2.05, 4.69) is 19.9 Å². The molecule has 3 atom stereocenters. The van der Waals surface area contributed by atoms with Gasteiger partial charge in [0.15, 0.2) is 0 Å². The maximum Gasteiger partial charge on any atom is 0.0723 e. The van der Waals surface area contributed by atoms with E-state index in [0.717, 1.165) is 6.42 Å². The lowest BCUT2D eigenvalue weighted by atomic mass is 9.86. The van der Waals surface area contributed by atoms with Crippen molar-refractivity contribution in [2.45, 2.75) is 26.4 Å². The SMILES string of the molecule is C[C@@H]1C=C[C@H](O)C[C@H]1C. The van der Waals surface area contributed by atoms with Crippen molar-refractivity contribution in [3.8, 4) is 0 Å². The first-order chi connectivity index (χ1) is 4.20. The van der Waals surface area contributed by atoms with Gasteiger partial charge in [-0.1, -0.05) is 26.0 Å². The molecule has 1 nitrogen and oxygen atoms in total. The normalized spacial score (nSPS) is 43.2. The van der Waals surface area contributed by atoms with E-state index in [1.807, 2.05) is 6.08 Å². The minimum Gasteiger partial charge on any atom is -0.389 e. The molecule has 1 rings (SSSR count). The molecule has 0 heterocycles. The fraction of sp³-hybridized carbons (Fsp3) is 0.750. The van der Waals surface area contributed by atoms with Crippen LogP contribution in [-0.4, -0.2) is 11.2 Å². The molecule has 0 fully saturated rings. The van der Waals surface area contributed by atoms with Gasteiger partial charge in [0.2, 0.25) is 0 Å². The first-order valence-corrected chi connectivity index (χ1v) is 3.56. The molecular weight excluding hydrogens is 112 g/mol. The van der Waals surface area contributed by atoms with E-state index < -0.39 is 0 Å². The molecule has 0 radical (unpaired) electrons. The average molecular weight is 126 g/mol. The molecule has 52 valence electrons. The Balaban J connectivity index is 2.54. The first-order valence-electron chi connectivity index (χ1n) is 3.56. The average Bonchev–Trinajstić information content (AvgIpc) is 1.80. The van der Waals surface area contributed by atoms with Crippen LogP contribution in [-0.2, 0) is 0 Å². The standard InChI is InChI=1S/C8H14O/c1-6-3-4-8(9)5-7(6)2/h3-4,6-9H,5H2,1-2H3/t6-,7-,8+/m1/s1. The Bertz CT molecular complexity index is 118. The Morgan fingerprint density at radius 1 is 1.33 bits per heavy atom. The smallest absolute Gasteiger partial charge is 0.0723 e. The van der Waals surface area contributed by atoms with E-state index in [4.69, 9.17) is 5.11 Å². The summed E-state index contributed by atoms with van der Waals surface area (Å²) >= 11 is 0. The summed E-state index contributed by atoms with van der Waals surface area (Å²) in [6.45, 7) is 4.37. The third-order valence-electron chi connectivity index (χ3n) is 2.15. The minimum absolute atomic E-state index is 0.184. The van der Waals surface area contributed by atoms with Crippen LogP contribution in [0.3, 0.4) is 0 Å². The van der Waals surface area contributed by atoms with E-state index in [0.29, 0.717) is 11.8 Å². The molecule has 0 aromatic heterocycles. The molecule has 0 unspecified atom stereocenters. The second-order valence-corrected chi connectivity index (χ2v) is 3.02. The molecule has 0 saturated carbocycles. The zero-order chi connectivity index (χ0) is 6.85. The number of allylic oxidation sites excluding steroid dienone is 1. The Morgan fingerprint density at radius 2 is 2.00 bits per heavy atom. The maximum atomic E-state index is 9.11. The van der Waals surface area contributed by atoms with Crippen molar-refractivity contribution < 1.29 is 5.11 Å². The Kier molecular flexibility index (Phi) is 1.91. The van der Waals surface area contributed by atoms with Gasteiger partial charge in [-0.25, -0.2) is 0 Å². The number of aliphatic hydroxyl groups excluding tert-OH is 1. The monoisotopic (exact) mass is 126 g/mol. The summed E-state index contributed by atoms with van der Waals surface area (Å²) in [6, 6.07) is 0. The molecule has 0 saturated heterocycles. The quantitative estimate of drug-likeness (QED) is 0.488. The first kappa shape index (κ1) is 6.81. The summed E-state index contributed by atoms with van der Waals surface area (Å²) in [5, 5.41) is 9.11. The van der Waals surface area contributed by atoms with Crippen molar-refractivity contribution >= 4 is 0 Å². The van der Waals surface area contributed by atoms with Gasteiger partial charge in [0.05, 0.1) is 6.10 Å². The molecule has 1 N–H and O–H groups in total. The van der Waals surface area contributed by atoms with Crippen LogP contribution in [0.15, 0.2) is 12.2 Å². The van der Waals surface area contributed by atoms with Crippen molar-refractivity contribution in [1.29, 1.82) is 0 Å². The predicted molar refractivity (Wildman–Crippen MR) is 38.1 cm³/mol. The number of rotatable bonds is 0. The van der Waals surface area contributed by atoms with Crippen LogP contribution in [0.5, 0.6) is 0 Å². The second-order valence-electron chi connectivity index (χ2n) is 3.02. The molecule has 1 aliphatic rings. The summed E-state index contributed by atoms with van der Waals surface area (Å²) in [5.41, 5.74) is 0. The topological polar surface area (TPSA) is 20.2 Å². The largest absolute Gasteiger partial charge is 0.389 e. The van der Waals surface area contributed by atoms with Crippen LogP contribution in [0.4, 0.5) is 0 Å². The Labute approximate surface area is 56.4 Å². The van der Waals surface area contributed by atoms with E-state index in [1.165, 1.54) is 0 Å². The zero-order valence-electron chi connectivity index (χ0n) is 6.04. The van der Waals surface area contributed by atoms with Gasteiger partial charge in [-0.15, -0.1) is 0 Å². The van der Waals surface area contributed by atoms with E-state index in [9.17, 15) is 0 Å². The van der Waals surface area contributed by atoms with Crippen molar-refractivity contribution in [3.63, 3.8) is 0 Å². The highest BCUT2D eigenvalue weighted by Gasteiger charge is 2.17. The molecule has 1 aliphatic carbocycles. The lowest BCUT2D eigenvalue weighted by molar-refractivity contribution is 0.169. The van der Waals surface area contributed by atoms with E-state index >= 15 is 0 Å². The van der Waals surface area contributed by atoms with Crippen molar-refractivity contribution in [3.05, 3.63) is 12.2 Å². The fourth-order valence-corrected chi connectivity index (χ4v) is 1.17. The number of hydrogen-bond donors (Lipinski definition) is 1. The summed E-state index contributed by atoms with van der Waals surface area (Å²) in [4.78, 5) is 0. The summed E-state index contributed by atoms with van der Waals surface area (Å²) in [5.74, 6) is 1.29. The van der Waals surface area contributed by atoms with E-state index in [1.54, 1.807) is 0 Å². The Hall–Kier alpha value is -0.300. The number of aliphatic hydroxyl groups is 1. The highest BCUT2D eigenvalue weighted by Crippen LogP contribution is 2.23. The molecule has 0 amide bonds. The molecule has 9 heavy (non-hydrogen) atoms. The molecule has 0 spiro atoms. The van der Waals surface area contributed by atoms with Crippen LogP contribution >= 0.6 is 0 Å². The molecule has 1 heteroatoms. The van der Waals surface area contributed by atoms with Gasteiger partial charge in [-0.05, 0) is 18.3 Å². The van der Waals surface area contributed by atoms with Gasteiger partial charge in [0.25, 0.3) is 0 Å². The molecule has 0 aromatic rings. The Morgan fingerprint density at radius 3 is 2.44 bits per heavy atom. The maximum absolute atomic E-state index is 9.11. The highest BCUT2D eigenvalue weighted by atomic mass is 16.3. The highest BCUT2D eigenvalue weighted by molar-refractivity contribution is 4.99. The summed E-state index contributed by atoms with van der Waals surface area (Å²) in [6.07, 6.45) is 4.73. The van der Waals surface area contributed by atoms with Crippen LogP contribution in [0.25, 0.3) is 0 Å². The molecule has 0 aliphatic heterocycles. The zero-order valence-corrected chi connectivity index (χ0v) is 6.04. The third kappa shape index (κ3) is 1.55. The lowest BCUT2D eigenvalue weighted by Crippen LogP contribution is -2.18. The third-order valence-corrected chi connectivity index (χ3v) is 2.15. The van der Waals surface area contributed by atoms with Crippen LogP contribution < -0.4 is 0 Å². The van der Waals surface area contributed by atoms with Crippen LogP contribution in [0, 0.1) is 11.8 Å². The van der Waals surface area contributed by atoms with Gasteiger partial charge in [-0.3, -0.25) is 0 Å². The molecule has 0 bridgehead atoms. The predicted octanol–water partition coefficient (Wildman–Crippen LogP) is 1.58. The van der Waals surface area contributed by atoms with Gasteiger partial charge in [0, 0.05) is 0 Å². The minimum atomic E-state index is -0.184.